The molecular weight excluding hydrogens is 512 g/mol. The first kappa shape index (κ1) is 32.1. The normalized spacial score (nSPS) is 15.1. The van der Waals surface area contributed by atoms with E-state index >= 15 is 0 Å². The lowest BCUT2D eigenvalue weighted by atomic mass is 9.89. The van der Waals surface area contributed by atoms with Crippen LogP contribution in [0.15, 0.2) is 22.7 Å². The van der Waals surface area contributed by atoms with E-state index in [0.29, 0.717) is 30.4 Å². The molecule has 2 unspecified atom stereocenters. The van der Waals surface area contributed by atoms with Crippen LogP contribution in [0.25, 0.3) is 0 Å². The van der Waals surface area contributed by atoms with Gasteiger partial charge in [0.15, 0.2) is 0 Å². The van der Waals surface area contributed by atoms with Gasteiger partial charge in [0.25, 0.3) is 10.2 Å². The third-order valence-electron chi connectivity index (χ3n) is 5.94. The Morgan fingerprint density at radius 2 is 1.42 bits per heavy atom. The highest BCUT2D eigenvalue weighted by Crippen LogP contribution is 2.29. The fourth-order valence-corrected chi connectivity index (χ4v) is 4.12. The Bertz CT molecular complexity index is 928. The number of rotatable bonds is 20. The van der Waals surface area contributed by atoms with E-state index in [1.165, 1.54) is 14.2 Å². The van der Waals surface area contributed by atoms with Crippen molar-refractivity contribution < 1.29 is 53.5 Å². The number of hydrogen-bond acceptors (Lipinski definition) is 12. The summed E-state index contributed by atoms with van der Waals surface area (Å²) in [6, 6.07) is 0. The molecule has 15 nitrogen and oxygen atoms in total. The maximum Gasteiger partial charge on any atom is 0.506 e. The lowest BCUT2D eigenvalue weighted by Gasteiger charge is -2.21. The first-order valence-corrected chi connectivity index (χ1v) is 12.1. The van der Waals surface area contributed by atoms with E-state index in [2.05, 4.69) is 9.68 Å². The number of carbonyl (C=O) groups is 3. The molecule has 0 saturated carbocycles. The smallest absolute Gasteiger partial charge is 0.489 e. The molecule has 0 aromatic rings. The largest absolute Gasteiger partial charge is 0.506 e. The van der Waals surface area contributed by atoms with Gasteiger partial charge >= 0.3 is 6.16 Å². The first-order chi connectivity index (χ1) is 18.0. The van der Waals surface area contributed by atoms with Crippen molar-refractivity contribution in [1.82, 2.24) is 0 Å². The van der Waals surface area contributed by atoms with Crippen LogP contribution < -0.4 is 0 Å². The van der Waals surface area contributed by atoms with E-state index in [9.17, 15) is 34.6 Å². The Labute approximate surface area is 218 Å². The third-order valence-corrected chi connectivity index (χ3v) is 5.94. The molecule has 0 radical (unpaired) electrons. The van der Waals surface area contributed by atoms with Gasteiger partial charge in [0, 0.05) is 17.6 Å². The Kier molecular flexibility index (Phi) is 14.2. The van der Waals surface area contributed by atoms with E-state index in [-0.39, 0.29) is 35.9 Å². The molecule has 0 aromatic heterocycles. The number of ketones is 2. The van der Waals surface area contributed by atoms with Crippen LogP contribution in [-0.2, 0) is 33.5 Å². The molecule has 1 aliphatic carbocycles. The summed E-state index contributed by atoms with van der Waals surface area (Å²) in [4.78, 5) is 65.4. The Hall–Kier alpha value is -3.91. The maximum atomic E-state index is 12.6. The monoisotopic (exact) mass is 546 g/mol. The van der Waals surface area contributed by atoms with Crippen molar-refractivity contribution in [2.75, 3.05) is 20.8 Å². The maximum absolute atomic E-state index is 12.6. The van der Waals surface area contributed by atoms with Crippen LogP contribution in [0.5, 0.6) is 0 Å². The number of hydrogen-bond donors (Lipinski definition) is 1. The van der Waals surface area contributed by atoms with Gasteiger partial charge < -0.3 is 29.0 Å². The van der Waals surface area contributed by atoms with Gasteiger partial charge in [0.05, 0.1) is 14.2 Å². The SMILES string of the molecule is COC1=C(OC)C(=O)C(CCCCCCCCCC(CC(CO[N+](=O)[O-])O[N+](=O)[O-])OC(=O)O)=C(C)C1=O. The highest BCUT2D eigenvalue weighted by molar-refractivity contribution is 6.23. The molecule has 0 aromatic carbocycles. The third kappa shape index (κ3) is 11.0. The van der Waals surface area contributed by atoms with Gasteiger partial charge in [-0.3, -0.25) is 9.59 Å². The molecule has 15 heteroatoms. The minimum absolute atomic E-state index is 0.0788. The summed E-state index contributed by atoms with van der Waals surface area (Å²) in [6.07, 6.45) is 2.01. The number of methoxy groups -OCH3 is 2. The number of allylic oxidation sites excluding steroid dienone is 2. The molecule has 0 aliphatic heterocycles. The topological polar surface area (TPSA) is 204 Å². The van der Waals surface area contributed by atoms with Gasteiger partial charge in [-0.25, -0.2) is 4.79 Å². The van der Waals surface area contributed by atoms with E-state index in [1.807, 2.05) is 0 Å². The average molecular weight is 547 g/mol. The number of carboxylic acid groups (broad SMARTS) is 1. The molecule has 1 N–H and O–H groups in total. The van der Waals surface area contributed by atoms with Crippen LogP contribution in [0, 0.1) is 20.2 Å². The van der Waals surface area contributed by atoms with Gasteiger partial charge in [0.2, 0.25) is 23.1 Å². The van der Waals surface area contributed by atoms with Gasteiger partial charge in [-0.1, -0.05) is 32.1 Å². The zero-order chi connectivity index (χ0) is 28.7. The average Bonchev–Trinajstić information content (AvgIpc) is 2.84. The molecule has 38 heavy (non-hydrogen) atoms. The predicted octanol–water partition coefficient (Wildman–Crippen LogP) is 3.71. The van der Waals surface area contributed by atoms with Gasteiger partial charge in [-0.05, 0) is 32.6 Å². The molecule has 0 spiro atoms. The number of ether oxygens (including phenoxy) is 3. The summed E-state index contributed by atoms with van der Waals surface area (Å²) in [7, 11) is 2.63. The minimum atomic E-state index is -1.57. The summed E-state index contributed by atoms with van der Waals surface area (Å²) in [5.41, 5.74) is 0.793. The van der Waals surface area contributed by atoms with E-state index < -0.39 is 35.1 Å². The van der Waals surface area contributed by atoms with Crippen LogP contribution in [0.4, 0.5) is 4.79 Å². The molecule has 1 aliphatic rings. The summed E-state index contributed by atoms with van der Waals surface area (Å²) in [5, 5.41) is 27.6. The molecular formula is C23H34N2O13. The lowest BCUT2D eigenvalue weighted by molar-refractivity contribution is -0.790. The Balaban J connectivity index is 2.39. The van der Waals surface area contributed by atoms with Gasteiger partial charge in [-0.15, -0.1) is 20.2 Å². The van der Waals surface area contributed by atoms with Crippen LogP contribution in [0.3, 0.4) is 0 Å². The molecule has 214 valence electrons. The Morgan fingerprint density at radius 1 is 0.868 bits per heavy atom. The fourth-order valence-electron chi connectivity index (χ4n) is 4.12. The molecule has 1 rings (SSSR count). The van der Waals surface area contributed by atoms with Crippen molar-refractivity contribution >= 4 is 17.7 Å². The van der Waals surface area contributed by atoms with Crippen LogP contribution in [0.1, 0.15) is 71.1 Å². The first-order valence-electron chi connectivity index (χ1n) is 12.1. The quantitative estimate of drug-likeness (QED) is 0.0761. The van der Waals surface area contributed by atoms with Crippen molar-refractivity contribution in [3.05, 3.63) is 42.9 Å². The lowest BCUT2D eigenvalue weighted by Crippen LogP contribution is -2.31. The Morgan fingerprint density at radius 3 is 1.95 bits per heavy atom. The fraction of sp³-hybridized carbons (Fsp3) is 0.696. The predicted molar refractivity (Wildman–Crippen MR) is 128 cm³/mol. The van der Waals surface area contributed by atoms with E-state index in [4.69, 9.17) is 19.3 Å². The molecule has 0 saturated heterocycles. The number of Topliss-reactive ketones (excluding diaryl/α,β-unsaturated/α-hetero) is 2. The summed E-state index contributed by atoms with van der Waals surface area (Å²) in [6.45, 7) is 0.865. The van der Waals surface area contributed by atoms with Crippen LogP contribution in [-0.4, -0.2) is 66.0 Å². The number of nitrogens with zero attached hydrogens (tertiary/aromatic N) is 2. The van der Waals surface area contributed by atoms with Crippen molar-refractivity contribution in [1.29, 1.82) is 0 Å². The van der Waals surface area contributed by atoms with Crippen LogP contribution in [0.2, 0.25) is 0 Å². The summed E-state index contributed by atoms with van der Waals surface area (Å²) < 4.78 is 14.9. The molecule has 0 bridgehead atoms. The molecule has 0 fully saturated rings. The number of carbonyl (C=O) groups excluding carboxylic acids is 2. The van der Waals surface area contributed by atoms with E-state index in [1.54, 1.807) is 6.92 Å². The highest BCUT2D eigenvalue weighted by atomic mass is 17.0. The minimum Gasteiger partial charge on any atom is -0.489 e. The summed E-state index contributed by atoms with van der Waals surface area (Å²) in [5.74, 6) is -0.855. The second-order valence-corrected chi connectivity index (χ2v) is 8.55. The highest BCUT2D eigenvalue weighted by Gasteiger charge is 2.34. The van der Waals surface area contributed by atoms with Crippen LogP contribution >= 0.6 is 0 Å². The van der Waals surface area contributed by atoms with Crippen molar-refractivity contribution in [2.45, 2.75) is 83.3 Å². The number of unbranched alkanes of at least 4 members (excludes halogenated alkanes) is 6. The summed E-state index contributed by atoms with van der Waals surface area (Å²) >= 11 is 0. The molecule has 2 atom stereocenters. The van der Waals surface area contributed by atoms with E-state index in [0.717, 1.165) is 32.1 Å². The standard InChI is InChI=1S/C23H34N2O13/c1-15-18(20(27)22(35-3)21(34-2)19(15)26)12-10-8-6-4-5-7-9-11-16(37-23(28)29)13-17(38-25(32)33)14-36-24(30)31/h16-17H,4-14H2,1-3H3,(H,28,29). The zero-order valence-corrected chi connectivity index (χ0v) is 21.7. The van der Waals surface area contributed by atoms with Gasteiger partial charge in [-0.2, -0.15) is 0 Å². The second-order valence-electron chi connectivity index (χ2n) is 8.55. The van der Waals surface area contributed by atoms with Crippen molar-refractivity contribution in [3.8, 4) is 0 Å². The molecule has 0 heterocycles. The second kappa shape index (κ2) is 16.8. The zero-order valence-electron chi connectivity index (χ0n) is 21.7. The van der Waals surface area contributed by atoms with Gasteiger partial charge in [0.1, 0.15) is 18.8 Å². The molecule has 0 amide bonds. The van der Waals surface area contributed by atoms with Crippen molar-refractivity contribution in [2.24, 2.45) is 0 Å². The van der Waals surface area contributed by atoms with Crippen molar-refractivity contribution in [3.63, 3.8) is 0 Å².